The highest BCUT2D eigenvalue weighted by molar-refractivity contribution is 6.38. The molecule has 1 aromatic rings. The number of hydrogen-bond acceptors (Lipinski definition) is 8. The normalized spacial score (nSPS) is 21.4. The number of piperidine rings is 1. The monoisotopic (exact) mass is 629 g/mol. The number of carbonyl (C=O) groups is 6. The summed E-state index contributed by atoms with van der Waals surface area (Å²) in [7, 11) is 0. The van der Waals surface area contributed by atoms with Crippen molar-refractivity contribution in [2.24, 2.45) is 22.7 Å². The van der Waals surface area contributed by atoms with Gasteiger partial charge >= 0.3 is 6.09 Å². The Bertz CT molecular complexity index is 1310. The van der Waals surface area contributed by atoms with Gasteiger partial charge in [-0.1, -0.05) is 40.7 Å². The largest absolute Gasteiger partial charge is 0.467 e. The number of hydrogen-bond donors (Lipinski definition) is 4. The van der Waals surface area contributed by atoms with E-state index in [2.05, 4.69) is 27.8 Å². The van der Waals surface area contributed by atoms with Gasteiger partial charge in [0.2, 0.25) is 23.5 Å². The molecule has 0 spiro atoms. The number of furan rings is 1. The third kappa shape index (κ3) is 8.73. The van der Waals surface area contributed by atoms with Crippen LogP contribution in [0.3, 0.4) is 0 Å². The zero-order chi connectivity index (χ0) is 33.9. The van der Waals surface area contributed by atoms with Gasteiger partial charge in [-0.25, -0.2) is 4.79 Å². The molecule has 1 aromatic heterocycles. The first-order valence-corrected chi connectivity index (χ1v) is 15.1. The molecular weight excluding hydrogens is 582 g/mol. The lowest BCUT2D eigenvalue weighted by atomic mass is 9.85. The first-order chi connectivity index (χ1) is 20.8. The maximum Gasteiger partial charge on any atom is 0.408 e. The summed E-state index contributed by atoms with van der Waals surface area (Å²) < 4.78 is 10.5. The van der Waals surface area contributed by atoms with Crippen LogP contribution in [-0.4, -0.2) is 77.2 Å². The van der Waals surface area contributed by atoms with Crippen LogP contribution in [0, 0.1) is 22.7 Å². The Morgan fingerprint density at radius 1 is 1.09 bits per heavy atom. The van der Waals surface area contributed by atoms with Crippen LogP contribution in [0.5, 0.6) is 0 Å². The number of Topliss-reactive ketones (excluding diaryl/α,β-unsaturated/α-hetero) is 1. The van der Waals surface area contributed by atoms with Crippen LogP contribution in [0.25, 0.3) is 0 Å². The number of amides is 5. The molecule has 1 aliphatic carbocycles. The highest BCUT2D eigenvalue weighted by atomic mass is 16.6. The topological polar surface area (TPSA) is 176 Å². The Hall–Kier alpha value is -4.16. The van der Waals surface area contributed by atoms with Gasteiger partial charge in [0.15, 0.2) is 0 Å². The number of nitrogens with one attached hydrogen (secondary N) is 4. The van der Waals surface area contributed by atoms with Crippen molar-refractivity contribution in [2.45, 2.75) is 92.1 Å². The number of alkyl carbamates (subject to hydrolysis) is 1. The maximum absolute atomic E-state index is 14.0. The molecule has 0 aromatic carbocycles. The fraction of sp³-hybridized carbons (Fsp3) is 0.625. The van der Waals surface area contributed by atoms with Crippen LogP contribution in [-0.2, 0) is 35.3 Å². The molecule has 1 unspecified atom stereocenters. The lowest BCUT2D eigenvalue weighted by molar-refractivity contribution is -0.145. The summed E-state index contributed by atoms with van der Waals surface area (Å²) in [5.41, 5.74) is -1.73. The molecular formula is C32H47N5O8. The summed E-state index contributed by atoms with van der Waals surface area (Å²) in [5.74, 6) is -3.19. The van der Waals surface area contributed by atoms with Crippen LogP contribution >= 0.6 is 0 Å². The average Bonchev–Trinajstić information content (AvgIpc) is 3.36. The van der Waals surface area contributed by atoms with Crippen molar-refractivity contribution in [3.05, 3.63) is 36.8 Å². The molecule has 5 atom stereocenters. The third-order valence-electron chi connectivity index (χ3n) is 8.24. The van der Waals surface area contributed by atoms with Gasteiger partial charge in [0.1, 0.15) is 29.5 Å². The molecule has 1 aliphatic heterocycles. The highest BCUT2D eigenvalue weighted by Crippen LogP contribution is 2.65. The van der Waals surface area contributed by atoms with Crippen LogP contribution in [0.1, 0.15) is 67.6 Å². The predicted octanol–water partition coefficient (Wildman–Crippen LogP) is 2.06. The van der Waals surface area contributed by atoms with Crippen molar-refractivity contribution < 1.29 is 37.9 Å². The number of fused-ring (bicyclic) bond motifs is 1. The number of nitrogens with zero attached hydrogens (tertiary/aromatic N) is 1. The first kappa shape index (κ1) is 35.3. The molecule has 2 heterocycles. The number of rotatable bonds is 12. The van der Waals surface area contributed by atoms with E-state index in [1.807, 2.05) is 13.8 Å². The van der Waals surface area contributed by atoms with Crippen LogP contribution in [0.4, 0.5) is 4.79 Å². The molecule has 1 saturated heterocycles. The number of carbonyl (C=O) groups excluding carboxylic acids is 6. The second kappa shape index (κ2) is 13.5. The summed E-state index contributed by atoms with van der Waals surface area (Å²) >= 11 is 0. The van der Waals surface area contributed by atoms with E-state index in [4.69, 9.17) is 9.15 Å². The zero-order valence-corrected chi connectivity index (χ0v) is 27.4. The standard InChI is InChI=1S/C32H47N5O8/c1-10-12-20(24(39)27(41)34-16-21(38)33-15-18-13-11-14-44-18)35-26(40)23-22-19(32(22,8)9)17-37(23)28(42)25(30(2,3)4)36-29(43)45-31(5,6)7/h10-11,13-14,19-20,22-23,25H,1,12,15-17H2,2-9H3,(H,33,38)(H,34,41)(H,35,40)(H,36,43)/t19-,20?,22-,23+,25-/m1/s1. The molecule has 0 radical (unpaired) electrons. The quantitative estimate of drug-likeness (QED) is 0.201. The van der Waals surface area contributed by atoms with E-state index in [1.54, 1.807) is 53.7 Å². The van der Waals surface area contributed by atoms with Crippen molar-refractivity contribution in [3.63, 3.8) is 0 Å². The van der Waals surface area contributed by atoms with Gasteiger partial charge < -0.3 is 35.3 Å². The maximum atomic E-state index is 14.0. The first-order valence-electron chi connectivity index (χ1n) is 15.1. The van der Waals surface area contributed by atoms with E-state index in [-0.39, 0.29) is 30.2 Å². The molecule has 5 amide bonds. The molecule has 3 rings (SSSR count). The van der Waals surface area contributed by atoms with Crippen LogP contribution < -0.4 is 21.3 Å². The van der Waals surface area contributed by atoms with Gasteiger partial charge in [0.05, 0.1) is 19.4 Å². The van der Waals surface area contributed by atoms with Gasteiger partial charge in [-0.2, -0.15) is 0 Å². The summed E-state index contributed by atoms with van der Waals surface area (Å²) in [6.45, 7) is 18.2. The molecule has 0 bridgehead atoms. The van der Waals surface area contributed by atoms with Crippen molar-refractivity contribution in [3.8, 4) is 0 Å². The minimum absolute atomic E-state index is 0.0379. The van der Waals surface area contributed by atoms with Crippen molar-refractivity contribution >= 4 is 35.5 Å². The predicted molar refractivity (Wildman–Crippen MR) is 164 cm³/mol. The molecule has 1 saturated carbocycles. The minimum atomic E-state index is -1.27. The van der Waals surface area contributed by atoms with E-state index >= 15 is 0 Å². The van der Waals surface area contributed by atoms with Crippen molar-refractivity contribution in [2.75, 3.05) is 13.1 Å². The number of ketones is 1. The number of ether oxygens (including phenoxy) is 1. The Morgan fingerprint density at radius 3 is 2.31 bits per heavy atom. The highest BCUT2D eigenvalue weighted by Gasteiger charge is 2.70. The van der Waals surface area contributed by atoms with Gasteiger partial charge in [0.25, 0.3) is 5.91 Å². The van der Waals surface area contributed by atoms with Crippen molar-refractivity contribution in [1.29, 1.82) is 0 Å². The smallest absolute Gasteiger partial charge is 0.408 e. The zero-order valence-electron chi connectivity index (χ0n) is 27.4. The second-order valence-corrected chi connectivity index (χ2v) is 14.3. The second-order valence-electron chi connectivity index (χ2n) is 14.3. The van der Waals surface area contributed by atoms with E-state index in [0.29, 0.717) is 12.3 Å². The fourth-order valence-corrected chi connectivity index (χ4v) is 5.78. The minimum Gasteiger partial charge on any atom is -0.467 e. The molecule has 2 fully saturated rings. The molecule has 13 nitrogen and oxygen atoms in total. The van der Waals surface area contributed by atoms with E-state index < -0.39 is 71.2 Å². The summed E-state index contributed by atoms with van der Waals surface area (Å²) in [6.07, 6.45) is 2.06. The molecule has 2 aliphatic rings. The molecule has 248 valence electrons. The van der Waals surface area contributed by atoms with Gasteiger partial charge in [-0.05, 0) is 62.0 Å². The lowest BCUT2D eigenvalue weighted by Crippen LogP contribution is -2.60. The summed E-state index contributed by atoms with van der Waals surface area (Å²) in [4.78, 5) is 79.9. The average molecular weight is 630 g/mol. The van der Waals surface area contributed by atoms with Gasteiger partial charge in [0, 0.05) is 6.54 Å². The van der Waals surface area contributed by atoms with E-state index in [0.717, 1.165) is 0 Å². The Labute approximate surface area is 264 Å². The SMILES string of the molecule is C=CCC(NC(=O)[C@@H]1[C@H]2[C@@H](CN1C(=O)[C@@H](NC(=O)OC(C)(C)C)C(C)(C)C)C2(C)C)C(=O)C(=O)NCC(=O)NCc1ccco1. The van der Waals surface area contributed by atoms with Crippen molar-refractivity contribution in [1.82, 2.24) is 26.2 Å². The molecule has 4 N–H and O–H groups in total. The lowest BCUT2D eigenvalue weighted by Gasteiger charge is -2.38. The number of likely N-dealkylation sites (tertiary alicyclic amines) is 1. The van der Waals surface area contributed by atoms with Gasteiger partial charge in [-0.3, -0.25) is 24.0 Å². The molecule has 13 heteroatoms. The molecule has 45 heavy (non-hydrogen) atoms. The van der Waals surface area contributed by atoms with Crippen LogP contribution in [0.2, 0.25) is 0 Å². The van der Waals surface area contributed by atoms with Crippen LogP contribution in [0.15, 0.2) is 35.5 Å². The third-order valence-corrected chi connectivity index (χ3v) is 8.24. The van der Waals surface area contributed by atoms with E-state index in [1.165, 1.54) is 17.2 Å². The van der Waals surface area contributed by atoms with Gasteiger partial charge in [-0.15, -0.1) is 6.58 Å². The Kier molecular flexibility index (Phi) is 10.6. The summed E-state index contributed by atoms with van der Waals surface area (Å²) in [6, 6.07) is 0.148. The Morgan fingerprint density at radius 2 is 1.76 bits per heavy atom. The van der Waals surface area contributed by atoms with E-state index in [9.17, 15) is 28.8 Å². The fourth-order valence-electron chi connectivity index (χ4n) is 5.78. The Balaban J connectivity index is 1.71. The summed E-state index contributed by atoms with van der Waals surface area (Å²) in [5, 5.41) is 10.2.